The molecule has 7 heteroatoms. The third kappa shape index (κ3) is 4.36. The molecule has 0 bridgehead atoms. The molecule has 0 saturated carbocycles. The van der Waals surface area contributed by atoms with Crippen molar-refractivity contribution in [2.75, 3.05) is 24.6 Å². The average Bonchev–Trinajstić information content (AvgIpc) is 3.09. The van der Waals surface area contributed by atoms with Crippen molar-refractivity contribution < 1.29 is 17.9 Å². The van der Waals surface area contributed by atoms with Crippen LogP contribution in [0.2, 0.25) is 0 Å². The maximum Gasteiger partial charge on any atom is 0.240 e. The third-order valence-corrected chi connectivity index (χ3v) is 6.29. The molecule has 0 fully saturated rings. The maximum atomic E-state index is 12.6. The van der Waals surface area contributed by atoms with Gasteiger partial charge in [-0.3, -0.25) is 4.79 Å². The van der Waals surface area contributed by atoms with E-state index >= 15 is 0 Å². The number of hydrogen-bond acceptors (Lipinski definition) is 4. The number of amides is 1. The molecule has 3 rings (SSSR count). The monoisotopic (exact) mass is 402 g/mol. The van der Waals surface area contributed by atoms with E-state index in [1.807, 2.05) is 24.3 Å². The second-order valence-corrected chi connectivity index (χ2v) is 8.92. The quantitative estimate of drug-likeness (QED) is 0.722. The molecule has 0 aromatic heterocycles. The number of hydrogen-bond donors (Lipinski definition) is 1. The first-order valence-corrected chi connectivity index (χ1v) is 10.9. The number of carbonyl (C=O) groups is 1. The Morgan fingerprint density at radius 1 is 1.21 bits per heavy atom. The molecule has 0 radical (unpaired) electrons. The number of fused-ring (bicyclic) bond motifs is 1. The highest BCUT2D eigenvalue weighted by Gasteiger charge is 2.24. The predicted molar refractivity (Wildman–Crippen MR) is 109 cm³/mol. The van der Waals surface area contributed by atoms with Crippen molar-refractivity contribution in [3.05, 3.63) is 53.6 Å². The number of para-hydroxylation sites is 1. The van der Waals surface area contributed by atoms with E-state index in [2.05, 4.69) is 18.6 Å². The van der Waals surface area contributed by atoms with E-state index < -0.39 is 10.0 Å². The molecule has 0 saturated heterocycles. The molecular weight excluding hydrogens is 376 g/mol. The summed E-state index contributed by atoms with van der Waals surface area (Å²) in [4.78, 5) is 13.5. The van der Waals surface area contributed by atoms with Crippen molar-refractivity contribution in [3.63, 3.8) is 0 Å². The number of ether oxygens (including phenoxy) is 1. The lowest BCUT2D eigenvalue weighted by atomic mass is 10.0. The van der Waals surface area contributed by atoms with Gasteiger partial charge in [0.2, 0.25) is 15.9 Å². The van der Waals surface area contributed by atoms with Crippen molar-refractivity contribution in [2.45, 2.75) is 38.0 Å². The topological polar surface area (TPSA) is 75.7 Å². The molecule has 2 aromatic rings. The highest BCUT2D eigenvalue weighted by atomic mass is 32.2. The molecule has 1 N–H and O–H groups in total. The van der Waals surface area contributed by atoms with Crippen LogP contribution in [0.15, 0.2) is 47.4 Å². The first-order chi connectivity index (χ1) is 13.3. The predicted octanol–water partition coefficient (Wildman–Crippen LogP) is 3.08. The van der Waals surface area contributed by atoms with Gasteiger partial charge in [-0.1, -0.05) is 32.0 Å². The van der Waals surface area contributed by atoms with Gasteiger partial charge in [0.15, 0.2) is 0 Å². The second-order valence-electron chi connectivity index (χ2n) is 7.15. The van der Waals surface area contributed by atoms with Crippen LogP contribution in [0.1, 0.15) is 37.8 Å². The number of anilines is 1. The van der Waals surface area contributed by atoms with Gasteiger partial charge in [0.1, 0.15) is 12.4 Å². The van der Waals surface area contributed by atoms with E-state index in [1.165, 1.54) is 13.0 Å². The number of sulfonamides is 1. The van der Waals surface area contributed by atoms with Crippen LogP contribution in [0.4, 0.5) is 5.69 Å². The molecule has 0 unspecified atom stereocenters. The molecule has 1 aliphatic rings. The normalized spacial score (nSPS) is 13.6. The molecule has 6 nitrogen and oxygen atoms in total. The Labute approximate surface area is 166 Å². The second kappa shape index (κ2) is 8.32. The zero-order chi connectivity index (χ0) is 20.3. The summed E-state index contributed by atoms with van der Waals surface area (Å²) in [5.41, 5.74) is 2.76. The Balaban J connectivity index is 1.62. The fourth-order valence-corrected chi connectivity index (χ4v) is 4.45. The van der Waals surface area contributed by atoms with E-state index in [4.69, 9.17) is 4.74 Å². The summed E-state index contributed by atoms with van der Waals surface area (Å²) < 4.78 is 33.5. The zero-order valence-electron chi connectivity index (χ0n) is 16.4. The minimum absolute atomic E-state index is 0.0358. The first kappa shape index (κ1) is 20.4. The SMILES string of the molecule is CC(=O)N1CCc2cc(S(=O)(=O)NCCOc3ccccc3C(C)C)ccc21. The fourth-order valence-electron chi connectivity index (χ4n) is 3.38. The Bertz CT molecular complexity index is 970. The molecule has 150 valence electrons. The maximum absolute atomic E-state index is 12.6. The van der Waals surface area contributed by atoms with Crippen LogP contribution in [0.3, 0.4) is 0 Å². The number of rotatable bonds is 7. The van der Waals surface area contributed by atoms with Crippen LogP contribution in [-0.4, -0.2) is 34.0 Å². The summed E-state index contributed by atoms with van der Waals surface area (Å²) in [5, 5.41) is 0. The summed E-state index contributed by atoms with van der Waals surface area (Å²) in [6, 6.07) is 12.7. The summed E-state index contributed by atoms with van der Waals surface area (Å²) in [6.07, 6.45) is 0.660. The summed E-state index contributed by atoms with van der Waals surface area (Å²) in [5.74, 6) is 1.07. The summed E-state index contributed by atoms with van der Waals surface area (Å²) in [7, 11) is -3.63. The van der Waals surface area contributed by atoms with Crippen LogP contribution in [0.5, 0.6) is 5.75 Å². The minimum atomic E-state index is -3.63. The Morgan fingerprint density at radius 3 is 2.68 bits per heavy atom. The Morgan fingerprint density at radius 2 is 1.96 bits per heavy atom. The lowest BCUT2D eigenvalue weighted by Gasteiger charge is -2.15. The van der Waals surface area contributed by atoms with Gasteiger partial charge in [-0.15, -0.1) is 0 Å². The fraction of sp³-hybridized carbons (Fsp3) is 0.381. The molecule has 1 heterocycles. The smallest absolute Gasteiger partial charge is 0.240 e. The van der Waals surface area contributed by atoms with E-state index in [0.29, 0.717) is 18.9 Å². The molecule has 0 spiro atoms. The van der Waals surface area contributed by atoms with Gasteiger partial charge in [0.05, 0.1) is 4.90 Å². The molecule has 28 heavy (non-hydrogen) atoms. The lowest BCUT2D eigenvalue weighted by molar-refractivity contribution is -0.116. The Kier molecular flexibility index (Phi) is 6.05. The van der Waals surface area contributed by atoms with Crippen LogP contribution >= 0.6 is 0 Å². The van der Waals surface area contributed by atoms with Crippen LogP contribution in [0.25, 0.3) is 0 Å². The van der Waals surface area contributed by atoms with Crippen molar-refractivity contribution in [1.29, 1.82) is 0 Å². The largest absolute Gasteiger partial charge is 0.492 e. The van der Waals surface area contributed by atoms with E-state index in [1.54, 1.807) is 17.0 Å². The molecule has 1 aliphatic heterocycles. The molecule has 0 aliphatic carbocycles. The number of nitrogens with zero attached hydrogens (tertiary/aromatic N) is 1. The molecular formula is C21H26N2O4S. The summed E-state index contributed by atoms with van der Waals surface area (Å²) >= 11 is 0. The minimum Gasteiger partial charge on any atom is -0.492 e. The van der Waals surface area contributed by atoms with Crippen LogP contribution < -0.4 is 14.4 Å². The van der Waals surface area contributed by atoms with Gasteiger partial charge < -0.3 is 9.64 Å². The average molecular weight is 403 g/mol. The molecule has 2 aromatic carbocycles. The standard InChI is InChI=1S/C21H26N2O4S/c1-15(2)19-6-4-5-7-21(19)27-13-11-22-28(25,26)18-8-9-20-17(14-18)10-12-23(20)16(3)24/h4-9,14-15,22H,10-13H2,1-3H3. The Hall–Kier alpha value is -2.38. The van der Waals surface area contributed by atoms with Crippen molar-refractivity contribution in [1.82, 2.24) is 4.72 Å². The van der Waals surface area contributed by atoms with Crippen molar-refractivity contribution in [2.24, 2.45) is 0 Å². The van der Waals surface area contributed by atoms with Gasteiger partial charge in [0, 0.05) is 25.7 Å². The summed E-state index contributed by atoms with van der Waals surface area (Å²) in [6.45, 7) is 6.69. The first-order valence-electron chi connectivity index (χ1n) is 9.42. The van der Waals surface area contributed by atoms with E-state index in [-0.39, 0.29) is 24.0 Å². The highest BCUT2D eigenvalue weighted by Crippen LogP contribution is 2.30. The van der Waals surface area contributed by atoms with Crippen LogP contribution in [-0.2, 0) is 21.2 Å². The van der Waals surface area contributed by atoms with E-state index in [0.717, 1.165) is 22.6 Å². The lowest BCUT2D eigenvalue weighted by Crippen LogP contribution is -2.28. The van der Waals surface area contributed by atoms with Gasteiger partial charge in [-0.2, -0.15) is 0 Å². The number of carbonyl (C=O) groups excluding carboxylic acids is 1. The van der Waals surface area contributed by atoms with Crippen LogP contribution in [0, 0.1) is 0 Å². The van der Waals surface area contributed by atoms with Gasteiger partial charge in [-0.05, 0) is 47.7 Å². The zero-order valence-corrected chi connectivity index (χ0v) is 17.3. The third-order valence-electron chi connectivity index (χ3n) is 4.83. The van der Waals surface area contributed by atoms with Gasteiger partial charge in [0.25, 0.3) is 0 Å². The van der Waals surface area contributed by atoms with E-state index in [9.17, 15) is 13.2 Å². The van der Waals surface area contributed by atoms with Gasteiger partial charge in [-0.25, -0.2) is 13.1 Å². The van der Waals surface area contributed by atoms with Gasteiger partial charge >= 0.3 is 0 Å². The molecule has 0 atom stereocenters. The molecule has 1 amide bonds. The highest BCUT2D eigenvalue weighted by molar-refractivity contribution is 7.89. The van der Waals surface area contributed by atoms with Crippen molar-refractivity contribution in [3.8, 4) is 5.75 Å². The van der Waals surface area contributed by atoms with Crippen molar-refractivity contribution >= 4 is 21.6 Å². The number of benzene rings is 2. The number of nitrogens with one attached hydrogen (secondary N) is 1.